The number of halogens is 1. The Morgan fingerprint density at radius 2 is 1.76 bits per heavy atom. The average molecular weight is 531 g/mol. The fourth-order valence-electron chi connectivity index (χ4n) is 4.88. The van der Waals surface area contributed by atoms with E-state index in [0.717, 1.165) is 4.90 Å². The Balaban J connectivity index is 1.40. The fourth-order valence-corrected chi connectivity index (χ4v) is 4.88. The lowest BCUT2D eigenvalue weighted by Crippen LogP contribution is -2.63. The molecule has 3 aliphatic heterocycles. The van der Waals surface area contributed by atoms with Crippen molar-refractivity contribution in [3.05, 3.63) is 46.3 Å². The van der Waals surface area contributed by atoms with E-state index in [-0.39, 0.29) is 42.8 Å². The molecule has 5 rings (SSSR count). The van der Waals surface area contributed by atoms with Gasteiger partial charge in [-0.1, -0.05) is 6.07 Å². The number of hydrogen-bond donors (Lipinski definition) is 5. The zero-order chi connectivity index (χ0) is 27.2. The zero-order valence-corrected chi connectivity index (χ0v) is 20.2. The SMILES string of the molecule is O=C1CCC(O)(N2Cc3c(OCc4c(O)c(O)c(O)c(CN5CCOCC5)c4F)cccc3C2=O)C(=O)N1. The van der Waals surface area contributed by atoms with Crippen LogP contribution >= 0.6 is 0 Å². The molecule has 0 aliphatic carbocycles. The number of benzene rings is 2. The van der Waals surface area contributed by atoms with Crippen LogP contribution in [-0.2, 0) is 34.0 Å². The molecular weight excluding hydrogens is 505 g/mol. The van der Waals surface area contributed by atoms with Crippen LogP contribution in [-0.4, -0.2) is 80.0 Å². The van der Waals surface area contributed by atoms with Crippen molar-refractivity contribution in [2.45, 2.75) is 38.3 Å². The second-order valence-electron chi connectivity index (χ2n) is 9.36. The Hall–Kier alpha value is -3.94. The van der Waals surface area contributed by atoms with E-state index in [9.17, 15) is 34.8 Å². The summed E-state index contributed by atoms with van der Waals surface area (Å²) >= 11 is 0. The second kappa shape index (κ2) is 9.74. The molecular formula is C25H26FN3O9. The summed E-state index contributed by atoms with van der Waals surface area (Å²) in [5.41, 5.74) is -2.38. The van der Waals surface area contributed by atoms with E-state index in [4.69, 9.17) is 9.47 Å². The number of aliphatic hydroxyl groups is 1. The van der Waals surface area contributed by atoms with E-state index < -0.39 is 58.7 Å². The van der Waals surface area contributed by atoms with Gasteiger partial charge in [-0.15, -0.1) is 0 Å². The van der Waals surface area contributed by atoms with E-state index in [1.807, 2.05) is 10.2 Å². The molecule has 2 aromatic rings. The Kier molecular flexibility index (Phi) is 6.59. The van der Waals surface area contributed by atoms with Crippen molar-refractivity contribution in [3.63, 3.8) is 0 Å². The van der Waals surface area contributed by atoms with Crippen LogP contribution < -0.4 is 10.1 Å². The molecule has 12 nitrogen and oxygen atoms in total. The highest BCUT2D eigenvalue weighted by molar-refractivity contribution is 6.07. The van der Waals surface area contributed by atoms with Gasteiger partial charge in [0.05, 0.1) is 25.3 Å². The smallest absolute Gasteiger partial charge is 0.279 e. The second-order valence-corrected chi connectivity index (χ2v) is 9.36. The van der Waals surface area contributed by atoms with E-state index in [1.54, 1.807) is 0 Å². The minimum absolute atomic E-state index is 0.0325. The van der Waals surface area contributed by atoms with Crippen LogP contribution in [0.1, 0.15) is 39.9 Å². The normalized spacial score (nSPS) is 21.9. The molecule has 0 aromatic heterocycles. The van der Waals surface area contributed by atoms with Gasteiger partial charge in [0.15, 0.2) is 11.5 Å². The highest BCUT2D eigenvalue weighted by atomic mass is 19.1. The van der Waals surface area contributed by atoms with Crippen molar-refractivity contribution in [3.8, 4) is 23.0 Å². The van der Waals surface area contributed by atoms with Crippen molar-refractivity contribution in [1.82, 2.24) is 15.1 Å². The number of hydrogen-bond acceptors (Lipinski definition) is 10. The third kappa shape index (κ3) is 4.27. The molecule has 1 unspecified atom stereocenters. The lowest BCUT2D eigenvalue weighted by molar-refractivity contribution is -0.168. The summed E-state index contributed by atoms with van der Waals surface area (Å²) in [5, 5.41) is 43.9. The number of morpholine rings is 1. The summed E-state index contributed by atoms with van der Waals surface area (Å²) in [6.07, 6.45) is -0.424. The highest BCUT2D eigenvalue weighted by Crippen LogP contribution is 2.44. The average Bonchev–Trinajstić information content (AvgIpc) is 3.26. The largest absolute Gasteiger partial charge is 0.504 e. The molecule has 0 spiro atoms. The maximum absolute atomic E-state index is 15.5. The molecule has 3 heterocycles. The third-order valence-electron chi connectivity index (χ3n) is 7.10. The third-order valence-corrected chi connectivity index (χ3v) is 7.10. The first kappa shape index (κ1) is 25.7. The number of ether oxygens (including phenoxy) is 2. The van der Waals surface area contributed by atoms with Crippen molar-refractivity contribution >= 4 is 17.7 Å². The fraction of sp³-hybridized carbons (Fsp3) is 0.400. The quantitative estimate of drug-likeness (QED) is 0.260. The maximum atomic E-state index is 15.5. The molecule has 0 radical (unpaired) electrons. The van der Waals surface area contributed by atoms with Crippen molar-refractivity contribution < 1.29 is 48.7 Å². The number of imide groups is 1. The first-order chi connectivity index (χ1) is 18.1. The number of rotatable bonds is 6. The topological polar surface area (TPSA) is 169 Å². The molecule has 13 heteroatoms. The Morgan fingerprint density at radius 3 is 2.47 bits per heavy atom. The van der Waals surface area contributed by atoms with Gasteiger partial charge in [0, 0.05) is 49.2 Å². The van der Waals surface area contributed by atoms with Crippen LogP contribution in [0.3, 0.4) is 0 Å². The molecule has 38 heavy (non-hydrogen) atoms. The van der Waals surface area contributed by atoms with E-state index in [0.29, 0.717) is 31.9 Å². The number of aromatic hydroxyl groups is 3. The number of fused-ring (bicyclic) bond motifs is 1. The van der Waals surface area contributed by atoms with E-state index in [2.05, 4.69) is 0 Å². The number of phenols is 3. The van der Waals surface area contributed by atoms with E-state index in [1.165, 1.54) is 18.2 Å². The van der Waals surface area contributed by atoms with Gasteiger partial charge in [-0.3, -0.25) is 29.5 Å². The maximum Gasteiger partial charge on any atom is 0.279 e. The number of carbonyl (C=O) groups is 3. The summed E-state index contributed by atoms with van der Waals surface area (Å²) in [7, 11) is 0. The molecule has 202 valence electrons. The number of amides is 3. The van der Waals surface area contributed by atoms with Crippen LogP contribution in [0.15, 0.2) is 18.2 Å². The van der Waals surface area contributed by atoms with Gasteiger partial charge in [-0.2, -0.15) is 0 Å². The first-order valence-electron chi connectivity index (χ1n) is 12.0. The van der Waals surface area contributed by atoms with Gasteiger partial charge < -0.3 is 29.9 Å². The van der Waals surface area contributed by atoms with Crippen molar-refractivity contribution in [2.24, 2.45) is 0 Å². The van der Waals surface area contributed by atoms with Gasteiger partial charge in [-0.25, -0.2) is 4.39 Å². The molecule has 0 bridgehead atoms. The van der Waals surface area contributed by atoms with Gasteiger partial charge >= 0.3 is 0 Å². The first-order valence-corrected chi connectivity index (χ1v) is 12.0. The summed E-state index contributed by atoms with van der Waals surface area (Å²) < 4.78 is 26.5. The summed E-state index contributed by atoms with van der Waals surface area (Å²) in [6.45, 7) is 1.03. The van der Waals surface area contributed by atoms with Crippen LogP contribution in [0, 0.1) is 5.82 Å². The van der Waals surface area contributed by atoms with Crippen LogP contribution in [0.5, 0.6) is 23.0 Å². The predicted molar refractivity (Wildman–Crippen MR) is 125 cm³/mol. The number of nitrogens with zero attached hydrogens (tertiary/aromatic N) is 2. The number of piperidine rings is 1. The predicted octanol–water partition coefficient (Wildman–Crippen LogP) is 0.435. The van der Waals surface area contributed by atoms with Gasteiger partial charge in [0.25, 0.3) is 11.8 Å². The highest BCUT2D eigenvalue weighted by Gasteiger charge is 2.51. The van der Waals surface area contributed by atoms with E-state index >= 15 is 4.39 Å². The standard InChI is InChI=1S/C25H26FN3O9/c26-19-15(10-28-6-8-37-9-7-28)20(31)22(33)21(32)16(19)12-38-17-3-1-2-13-14(17)11-29(23(13)34)25(36)5-4-18(30)27-24(25)35/h1-3,31-33,36H,4-12H2,(H,27,30,35). The van der Waals surface area contributed by atoms with Crippen molar-refractivity contribution in [1.29, 1.82) is 0 Å². The Labute approximate surface area is 215 Å². The van der Waals surface area contributed by atoms with Crippen molar-refractivity contribution in [2.75, 3.05) is 26.3 Å². The summed E-state index contributed by atoms with van der Waals surface area (Å²) in [4.78, 5) is 39.7. The molecule has 1 atom stereocenters. The molecule has 3 aliphatic rings. The molecule has 2 aromatic carbocycles. The Morgan fingerprint density at radius 1 is 1.05 bits per heavy atom. The lowest BCUT2D eigenvalue weighted by atomic mass is 10.00. The number of nitrogens with one attached hydrogen (secondary N) is 1. The monoisotopic (exact) mass is 531 g/mol. The van der Waals surface area contributed by atoms with Crippen LogP contribution in [0.25, 0.3) is 0 Å². The van der Waals surface area contributed by atoms with Gasteiger partial charge in [0.2, 0.25) is 17.4 Å². The molecule has 5 N–H and O–H groups in total. The minimum Gasteiger partial charge on any atom is -0.504 e. The van der Waals surface area contributed by atoms with Gasteiger partial charge in [-0.05, 0) is 12.1 Å². The lowest BCUT2D eigenvalue weighted by Gasteiger charge is -2.37. The molecule has 2 saturated heterocycles. The molecule has 2 fully saturated rings. The number of carbonyl (C=O) groups excluding carboxylic acids is 3. The minimum atomic E-state index is -2.23. The number of phenolic OH excluding ortho intramolecular Hbond substituents is 3. The van der Waals surface area contributed by atoms with Gasteiger partial charge in [0.1, 0.15) is 18.2 Å². The Bertz CT molecular complexity index is 1330. The molecule has 0 saturated carbocycles. The summed E-state index contributed by atoms with van der Waals surface area (Å²) in [5.74, 6) is -5.57. The summed E-state index contributed by atoms with van der Waals surface area (Å²) in [6, 6.07) is 4.47. The molecule has 3 amide bonds. The van der Waals surface area contributed by atoms with Crippen LogP contribution in [0.4, 0.5) is 4.39 Å². The van der Waals surface area contributed by atoms with Crippen LogP contribution in [0.2, 0.25) is 0 Å². The zero-order valence-electron chi connectivity index (χ0n) is 20.2.